The molecule has 3 unspecified atom stereocenters. The van der Waals surface area contributed by atoms with Crippen LogP contribution in [0.25, 0.3) is 0 Å². The monoisotopic (exact) mass is 854 g/mol. The summed E-state index contributed by atoms with van der Waals surface area (Å²) in [5.41, 5.74) is 0. The molecule has 0 fully saturated rings. The van der Waals surface area contributed by atoms with Crippen LogP contribution in [0.1, 0.15) is 252 Å². The highest BCUT2D eigenvalue weighted by molar-refractivity contribution is 5.77. The molecule has 0 aromatic carbocycles. The fraction of sp³-hybridized carbons (Fsp3) is 0.782. The Labute approximate surface area is 378 Å². The van der Waals surface area contributed by atoms with Gasteiger partial charge >= 0.3 is 5.97 Å². The van der Waals surface area contributed by atoms with Gasteiger partial charge in [-0.25, -0.2) is 0 Å². The van der Waals surface area contributed by atoms with E-state index < -0.39 is 18.2 Å². The van der Waals surface area contributed by atoms with Crippen molar-refractivity contribution in [3.63, 3.8) is 0 Å². The largest absolute Gasteiger partial charge is 0.462 e. The van der Waals surface area contributed by atoms with Gasteiger partial charge in [-0.15, -0.1) is 0 Å². The van der Waals surface area contributed by atoms with Crippen LogP contribution in [0.15, 0.2) is 60.8 Å². The van der Waals surface area contributed by atoms with Gasteiger partial charge in [0, 0.05) is 6.42 Å². The van der Waals surface area contributed by atoms with E-state index in [-0.39, 0.29) is 24.9 Å². The van der Waals surface area contributed by atoms with Crippen LogP contribution in [0.2, 0.25) is 0 Å². The zero-order chi connectivity index (χ0) is 44.5. The van der Waals surface area contributed by atoms with E-state index in [1.165, 1.54) is 109 Å². The number of aliphatic hydroxyl groups is 2. The molecule has 0 saturated carbocycles. The Morgan fingerprint density at radius 2 is 0.885 bits per heavy atom. The molecule has 0 spiro atoms. The van der Waals surface area contributed by atoms with Gasteiger partial charge in [0.05, 0.1) is 25.2 Å². The molecular weight excluding hydrogens is 755 g/mol. The minimum atomic E-state index is -0.796. The summed E-state index contributed by atoms with van der Waals surface area (Å²) in [5.74, 6) is -0.516. The quantitative estimate of drug-likeness (QED) is 0.0322. The van der Waals surface area contributed by atoms with Crippen molar-refractivity contribution in [3.05, 3.63) is 60.8 Å². The summed E-state index contributed by atoms with van der Waals surface area (Å²) in [7, 11) is 0. The molecule has 3 N–H and O–H groups in total. The van der Waals surface area contributed by atoms with Gasteiger partial charge in [0.2, 0.25) is 5.91 Å². The maximum absolute atomic E-state index is 13.2. The van der Waals surface area contributed by atoms with Crippen molar-refractivity contribution in [3.8, 4) is 0 Å². The molecule has 0 heterocycles. The van der Waals surface area contributed by atoms with Gasteiger partial charge < -0.3 is 20.3 Å². The molecule has 61 heavy (non-hydrogen) atoms. The van der Waals surface area contributed by atoms with E-state index in [4.69, 9.17) is 4.74 Å². The second kappa shape index (κ2) is 48.6. The molecule has 6 nitrogen and oxygen atoms in total. The van der Waals surface area contributed by atoms with Crippen LogP contribution < -0.4 is 5.32 Å². The predicted octanol–water partition coefficient (Wildman–Crippen LogP) is 15.6. The first-order valence-electron chi connectivity index (χ1n) is 26.0. The van der Waals surface area contributed by atoms with E-state index in [0.717, 1.165) is 96.3 Å². The Balaban J connectivity index is 4.66. The number of esters is 1. The molecule has 0 rings (SSSR count). The summed E-state index contributed by atoms with van der Waals surface area (Å²) >= 11 is 0. The summed E-state index contributed by atoms with van der Waals surface area (Å²) < 4.78 is 5.92. The number of rotatable bonds is 46. The summed E-state index contributed by atoms with van der Waals surface area (Å²) in [4.78, 5) is 26.1. The highest BCUT2D eigenvalue weighted by atomic mass is 16.5. The van der Waals surface area contributed by atoms with Crippen LogP contribution in [0.3, 0.4) is 0 Å². The minimum absolute atomic E-state index is 0.0582. The average molecular weight is 854 g/mol. The van der Waals surface area contributed by atoms with Crippen molar-refractivity contribution in [2.24, 2.45) is 0 Å². The lowest BCUT2D eigenvalue weighted by Crippen LogP contribution is -2.46. The van der Waals surface area contributed by atoms with Gasteiger partial charge in [0.1, 0.15) is 6.10 Å². The molecule has 1 amide bonds. The number of carbonyl (C=O) groups is 2. The Morgan fingerprint density at radius 3 is 1.36 bits per heavy atom. The van der Waals surface area contributed by atoms with E-state index in [0.29, 0.717) is 19.3 Å². The van der Waals surface area contributed by atoms with Gasteiger partial charge in [0.25, 0.3) is 0 Å². The fourth-order valence-corrected chi connectivity index (χ4v) is 7.65. The summed E-state index contributed by atoms with van der Waals surface area (Å²) in [6.45, 7) is 6.35. The minimum Gasteiger partial charge on any atom is -0.462 e. The lowest BCUT2D eigenvalue weighted by atomic mass is 10.0. The van der Waals surface area contributed by atoms with Gasteiger partial charge in [-0.2, -0.15) is 0 Å². The molecule has 0 aliphatic rings. The molecule has 0 aromatic heterocycles. The number of nitrogens with one attached hydrogen (secondary N) is 1. The zero-order valence-corrected chi connectivity index (χ0v) is 40.3. The van der Waals surface area contributed by atoms with Crippen LogP contribution in [0.5, 0.6) is 0 Å². The SMILES string of the molecule is CC/C=C/C/C=C/C/C=C/C/C=C/CCCCCC(=O)OC(CCCCCCC/C=C/CCCCCCCC)CC(=O)NC(CO)C(O)CCCCCCCCCCCCC. The summed E-state index contributed by atoms with van der Waals surface area (Å²) in [6, 6.07) is -0.711. The number of unbranched alkanes of at least 4 members (excludes halogenated alkanes) is 24. The number of allylic oxidation sites excluding steroid dienone is 10. The highest BCUT2D eigenvalue weighted by Gasteiger charge is 2.24. The second-order valence-electron chi connectivity index (χ2n) is 17.5. The third-order valence-electron chi connectivity index (χ3n) is 11.6. The number of aliphatic hydroxyl groups excluding tert-OH is 2. The first kappa shape index (κ1) is 58.6. The number of hydrogen-bond donors (Lipinski definition) is 3. The van der Waals surface area contributed by atoms with Crippen LogP contribution in [0, 0.1) is 0 Å². The van der Waals surface area contributed by atoms with Crippen LogP contribution in [0.4, 0.5) is 0 Å². The lowest BCUT2D eigenvalue weighted by Gasteiger charge is -2.24. The number of carbonyl (C=O) groups excluding carboxylic acids is 2. The molecule has 0 aromatic rings. The van der Waals surface area contributed by atoms with Crippen molar-refractivity contribution < 1.29 is 24.5 Å². The van der Waals surface area contributed by atoms with Crippen molar-refractivity contribution in [1.82, 2.24) is 5.32 Å². The van der Waals surface area contributed by atoms with Gasteiger partial charge in [-0.05, 0) is 89.9 Å². The Kier molecular flexibility index (Phi) is 46.6. The average Bonchev–Trinajstić information content (AvgIpc) is 3.25. The molecule has 6 heteroatoms. The van der Waals surface area contributed by atoms with E-state index in [2.05, 4.69) is 86.8 Å². The standard InChI is InChI=1S/C55H99NO5/c1-4-7-10-13-16-19-22-24-26-28-30-33-36-39-42-45-48-55(60)61-51(46-43-40-37-34-32-29-27-25-23-20-17-14-11-8-5-2)49-54(59)56-52(50-57)53(58)47-44-41-38-35-31-21-18-15-12-9-6-3/h7,10,16,19,24-27,30,33,51-53,57-58H,4-6,8-9,11-15,17-18,20-23,28-29,31-32,34-50H2,1-3H3,(H,56,59)/b10-7+,19-16+,26-24+,27-25+,33-30+. The molecule has 3 atom stereocenters. The van der Waals surface area contributed by atoms with Crippen LogP contribution in [-0.4, -0.2) is 46.9 Å². The second-order valence-corrected chi connectivity index (χ2v) is 17.5. The topological polar surface area (TPSA) is 95.9 Å². The van der Waals surface area contributed by atoms with Gasteiger partial charge in [-0.1, -0.05) is 210 Å². The Morgan fingerprint density at radius 1 is 0.492 bits per heavy atom. The molecule has 0 bridgehead atoms. The molecule has 0 aliphatic carbocycles. The van der Waals surface area contributed by atoms with Gasteiger partial charge in [-0.3, -0.25) is 9.59 Å². The maximum atomic E-state index is 13.2. The van der Waals surface area contributed by atoms with E-state index in [9.17, 15) is 19.8 Å². The van der Waals surface area contributed by atoms with E-state index in [1.54, 1.807) is 0 Å². The van der Waals surface area contributed by atoms with Gasteiger partial charge in [0.15, 0.2) is 0 Å². The van der Waals surface area contributed by atoms with Crippen molar-refractivity contribution in [2.75, 3.05) is 6.61 Å². The molecular formula is C55H99NO5. The Hall–Kier alpha value is -2.44. The Bertz CT molecular complexity index is 1090. The lowest BCUT2D eigenvalue weighted by molar-refractivity contribution is -0.151. The third-order valence-corrected chi connectivity index (χ3v) is 11.6. The van der Waals surface area contributed by atoms with Crippen molar-refractivity contribution >= 4 is 11.9 Å². The number of hydrogen-bond acceptors (Lipinski definition) is 5. The first-order chi connectivity index (χ1) is 30.0. The highest BCUT2D eigenvalue weighted by Crippen LogP contribution is 2.17. The molecule has 0 saturated heterocycles. The fourth-order valence-electron chi connectivity index (χ4n) is 7.65. The van der Waals surface area contributed by atoms with E-state index in [1.807, 2.05) is 0 Å². The van der Waals surface area contributed by atoms with E-state index >= 15 is 0 Å². The molecule has 354 valence electrons. The number of amides is 1. The molecule has 0 aliphatic heterocycles. The summed E-state index contributed by atoms with van der Waals surface area (Å²) in [5, 5.41) is 23.7. The maximum Gasteiger partial charge on any atom is 0.306 e. The van der Waals surface area contributed by atoms with Crippen molar-refractivity contribution in [2.45, 2.75) is 270 Å². The smallest absolute Gasteiger partial charge is 0.306 e. The summed E-state index contributed by atoms with van der Waals surface area (Å²) in [6.07, 6.45) is 59.9. The third kappa shape index (κ3) is 44.0. The molecule has 0 radical (unpaired) electrons. The normalized spacial score (nSPS) is 13.7. The van der Waals surface area contributed by atoms with Crippen LogP contribution >= 0.6 is 0 Å². The predicted molar refractivity (Wildman–Crippen MR) is 264 cm³/mol. The van der Waals surface area contributed by atoms with Crippen LogP contribution in [-0.2, 0) is 14.3 Å². The number of ether oxygens (including phenoxy) is 1. The van der Waals surface area contributed by atoms with Crippen molar-refractivity contribution in [1.29, 1.82) is 0 Å². The zero-order valence-electron chi connectivity index (χ0n) is 40.3. The first-order valence-corrected chi connectivity index (χ1v) is 26.0.